The lowest BCUT2D eigenvalue weighted by molar-refractivity contribution is -0.117. The maximum atomic E-state index is 13.9. The summed E-state index contributed by atoms with van der Waals surface area (Å²) in [6, 6.07) is 16.5. The highest BCUT2D eigenvalue weighted by Gasteiger charge is 2.47. The summed E-state index contributed by atoms with van der Waals surface area (Å²) in [5.74, 6) is -2.13. The molecule has 10 heteroatoms. The number of aliphatic hydroxyl groups excluding tert-OH is 1. The zero-order valence-corrected chi connectivity index (χ0v) is 22.5. The van der Waals surface area contributed by atoms with Gasteiger partial charge in [0.15, 0.2) is 28.1 Å². The molecule has 0 bridgehead atoms. The first kappa shape index (κ1) is 24.2. The lowest BCUT2D eigenvalue weighted by atomic mass is 9.95. The van der Waals surface area contributed by atoms with E-state index in [2.05, 4.69) is 20.9 Å². The normalized spacial score (nSPS) is 15.7. The first-order valence-electron chi connectivity index (χ1n) is 11.5. The molecule has 38 heavy (non-hydrogen) atoms. The number of aryl methyl sites for hydroxylation is 1. The third-order valence-electron chi connectivity index (χ3n) is 6.43. The van der Waals surface area contributed by atoms with E-state index < -0.39 is 23.5 Å². The van der Waals surface area contributed by atoms with Crippen LogP contribution in [0.2, 0.25) is 0 Å². The van der Waals surface area contributed by atoms with Gasteiger partial charge in [0.25, 0.3) is 5.91 Å². The molecule has 5 aromatic rings. The van der Waals surface area contributed by atoms with Crippen LogP contribution in [0, 0.1) is 6.92 Å². The van der Waals surface area contributed by atoms with Gasteiger partial charge in [0.05, 0.1) is 33.4 Å². The van der Waals surface area contributed by atoms with Crippen molar-refractivity contribution >= 4 is 65.3 Å². The van der Waals surface area contributed by atoms with E-state index >= 15 is 0 Å². The van der Waals surface area contributed by atoms with Crippen LogP contribution in [-0.4, -0.2) is 34.0 Å². The lowest BCUT2D eigenvalue weighted by Gasteiger charge is -2.25. The predicted octanol–water partition coefficient (Wildman–Crippen LogP) is 6.61. The summed E-state index contributed by atoms with van der Waals surface area (Å²) in [6.45, 7) is 1.96. The fraction of sp³-hybridized carbons (Fsp3) is 0.107. The van der Waals surface area contributed by atoms with Crippen molar-refractivity contribution in [1.82, 2.24) is 4.98 Å². The number of amides is 1. The van der Waals surface area contributed by atoms with Gasteiger partial charge in [-0.15, -0.1) is 0 Å². The van der Waals surface area contributed by atoms with Gasteiger partial charge < -0.3 is 19.4 Å². The number of hydrogen-bond acceptors (Lipinski definition) is 8. The number of aromatic hydroxyl groups is 1. The van der Waals surface area contributed by atoms with E-state index in [0.29, 0.717) is 31.7 Å². The molecule has 2 N–H and O–H groups in total. The lowest BCUT2D eigenvalue weighted by Crippen LogP contribution is -2.31. The molecule has 0 spiro atoms. The fourth-order valence-electron chi connectivity index (χ4n) is 4.61. The van der Waals surface area contributed by atoms with Crippen LogP contribution in [0.4, 0.5) is 5.13 Å². The van der Waals surface area contributed by atoms with Gasteiger partial charge in [-0.3, -0.25) is 14.5 Å². The van der Waals surface area contributed by atoms with Crippen molar-refractivity contribution in [2.75, 3.05) is 12.0 Å². The second-order valence-electron chi connectivity index (χ2n) is 8.84. The van der Waals surface area contributed by atoms with Gasteiger partial charge in [0, 0.05) is 5.39 Å². The zero-order chi connectivity index (χ0) is 26.7. The third kappa shape index (κ3) is 3.75. The molecule has 0 aliphatic carbocycles. The Labute approximate surface area is 228 Å². The number of nitrogens with zero attached hydrogens (tertiary/aromatic N) is 2. The highest BCUT2D eigenvalue weighted by atomic mass is 79.9. The Kier molecular flexibility index (Phi) is 5.73. The van der Waals surface area contributed by atoms with Crippen LogP contribution in [0.25, 0.3) is 21.2 Å². The van der Waals surface area contributed by atoms with Gasteiger partial charge in [-0.2, -0.15) is 0 Å². The van der Waals surface area contributed by atoms with E-state index in [1.807, 2.05) is 31.2 Å². The number of thiazole rings is 1. The Morgan fingerprint density at radius 1 is 1.13 bits per heavy atom. The number of benzene rings is 3. The van der Waals surface area contributed by atoms with Crippen LogP contribution in [0.15, 0.2) is 80.9 Å². The van der Waals surface area contributed by atoms with E-state index in [0.717, 1.165) is 10.3 Å². The van der Waals surface area contributed by atoms with Crippen LogP contribution in [0.3, 0.4) is 0 Å². The molecule has 2 aromatic heterocycles. The summed E-state index contributed by atoms with van der Waals surface area (Å²) in [4.78, 5) is 33.4. The predicted molar refractivity (Wildman–Crippen MR) is 147 cm³/mol. The molecule has 1 amide bonds. The van der Waals surface area contributed by atoms with Gasteiger partial charge in [0.1, 0.15) is 5.58 Å². The number of hydrogen-bond donors (Lipinski definition) is 2. The number of ether oxygens (including phenoxy) is 1. The number of phenols is 1. The zero-order valence-electron chi connectivity index (χ0n) is 20.1. The molecule has 1 aliphatic heterocycles. The Morgan fingerprint density at radius 2 is 1.92 bits per heavy atom. The second kappa shape index (κ2) is 9.00. The van der Waals surface area contributed by atoms with Gasteiger partial charge in [-0.05, 0) is 70.4 Å². The molecule has 0 saturated heterocycles. The second-order valence-corrected chi connectivity index (χ2v) is 10.7. The third-order valence-corrected chi connectivity index (χ3v) is 8.05. The van der Waals surface area contributed by atoms with E-state index in [1.165, 1.54) is 29.4 Å². The molecule has 3 aromatic carbocycles. The Morgan fingerprint density at radius 3 is 2.68 bits per heavy atom. The smallest absolute Gasteiger partial charge is 0.296 e. The summed E-state index contributed by atoms with van der Waals surface area (Å²) in [5.41, 5.74) is 2.47. The number of rotatable bonds is 5. The average Bonchev–Trinajstić information content (AvgIpc) is 3.59. The highest BCUT2D eigenvalue weighted by molar-refractivity contribution is 9.10. The molecule has 1 atom stereocenters. The molecule has 1 unspecified atom stereocenters. The number of phenolic OH excluding ortho intramolecular Hbond substituents is 1. The summed E-state index contributed by atoms with van der Waals surface area (Å²) >= 11 is 4.60. The van der Waals surface area contributed by atoms with Gasteiger partial charge >= 0.3 is 0 Å². The highest BCUT2D eigenvalue weighted by Crippen LogP contribution is 2.47. The Hall–Kier alpha value is -4.15. The van der Waals surface area contributed by atoms with Gasteiger partial charge in [-0.1, -0.05) is 35.6 Å². The SMILES string of the molecule is COc1cc(C2C(C(=O)c3cc4ccccc4o3)=C(O)C(=O)N2c2nc3ccc(C)cc3s2)cc(Br)c1O. The first-order valence-corrected chi connectivity index (χ1v) is 13.1. The number of para-hydroxylation sites is 1. The van der Waals surface area contributed by atoms with Gasteiger partial charge in [-0.25, -0.2) is 4.98 Å². The molecule has 0 fully saturated rings. The molecule has 0 radical (unpaired) electrons. The topological polar surface area (TPSA) is 113 Å². The van der Waals surface area contributed by atoms with Crippen molar-refractivity contribution in [3.05, 3.63) is 93.4 Å². The van der Waals surface area contributed by atoms with Crippen molar-refractivity contribution in [3.63, 3.8) is 0 Å². The Bertz CT molecular complexity index is 1790. The summed E-state index contributed by atoms with van der Waals surface area (Å²) < 4.78 is 12.3. The van der Waals surface area contributed by atoms with E-state index in [1.54, 1.807) is 30.3 Å². The molecule has 0 saturated carbocycles. The number of aromatic nitrogens is 1. The van der Waals surface area contributed by atoms with Crippen LogP contribution in [0.5, 0.6) is 11.5 Å². The standard InChI is InChI=1S/C28H19BrN2O6S/c1-13-7-8-17-21(9-13)38-28(30-17)31-23(15-10-16(29)24(32)19(12-15)36-2)22(26(34)27(31)35)25(33)20-11-14-5-3-4-6-18(14)37-20/h3-12,23,32,34H,1-2H3. The van der Waals surface area contributed by atoms with Crippen molar-refractivity contribution in [3.8, 4) is 11.5 Å². The summed E-state index contributed by atoms with van der Waals surface area (Å²) in [5, 5.41) is 22.5. The quantitative estimate of drug-likeness (QED) is 0.221. The molecule has 8 nitrogen and oxygen atoms in total. The van der Waals surface area contributed by atoms with Crippen LogP contribution in [-0.2, 0) is 4.79 Å². The van der Waals surface area contributed by atoms with Crippen molar-refractivity contribution in [1.29, 1.82) is 0 Å². The molecule has 190 valence electrons. The minimum Gasteiger partial charge on any atom is -0.503 e. The van der Waals surface area contributed by atoms with Crippen LogP contribution < -0.4 is 9.64 Å². The van der Waals surface area contributed by atoms with E-state index in [-0.39, 0.29) is 22.8 Å². The number of methoxy groups -OCH3 is 1. The molecular weight excluding hydrogens is 572 g/mol. The first-order chi connectivity index (χ1) is 18.3. The summed E-state index contributed by atoms with van der Waals surface area (Å²) in [6.07, 6.45) is 0. The number of furan rings is 1. The number of carbonyl (C=O) groups is 2. The summed E-state index contributed by atoms with van der Waals surface area (Å²) in [7, 11) is 1.40. The molecular formula is C28H19BrN2O6S. The molecule has 3 heterocycles. The number of aliphatic hydroxyl groups is 1. The number of halogens is 1. The number of Topliss-reactive ketones (excluding diaryl/α,β-unsaturated/α-hetero) is 1. The Balaban J connectivity index is 1.55. The van der Waals surface area contributed by atoms with Gasteiger partial charge in [0.2, 0.25) is 5.78 Å². The minimum atomic E-state index is -1.07. The minimum absolute atomic E-state index is 0.0165. The number of anilines is 1. The maximum Gasteiger partial charge on any atom is 0.296 e. The largest absolute Gasteiger partial charge is 0.503 e. The average molecular weight is 591 g/mol. The fourth-order valence-corrected chi connectivity index (χ4v) is 6.16. The molecule has 1 aliphatic rings. The molecule has 6 rings (SSSR count). The number of ketones is 1. The van der Waals surface area contributed by atoms with Crippen LogP contribution >= 0.6 is 27.3 Å². The van der Waals surface area contributed by atoms with Crippen molar-refractivity contribution in [2.45, 2.75) is 13.0 Å². The maximum absolute atomic E-state index is 13.9. The number of carbonyl (C=O) groups excluding carboxylic acids is 2. The monoisotopic (exact) mass is 590 g/mol. The van der Waals surface area contributed by atoms with E-state index in [4.69, 9.17) is 9.15 Å². The van der Waals surface area contributed by atoms with Crippen LogP contribution in [0.1, 0.15) is 27.7 Å². The van der Waals surface area contributed by atoms with E-state index in [9.17, 15) is 19.8 Å². The van der Waals surface area contributed by atoms with Crippen molar-refractivity contribution in [2.24, 2.45) is 0 Å². The van der Waals surface area contributed by atoms with Crippen molar-refractivity contribution < 1.29 is 29.0 Å². The number of fused-ring (bicyclic) bond motifs is 2.